The topological polar surface area (TPSA) is 112 Å². The number of benzene rings is 1. The Kier molecular flexibility index (Phi) is 12.0. The number of carboxylic acids is 2. The third kappa shape index (κ3) is 11.7. The number of pyridine rings is 1. The molecule has 3 N–H and O–H groups in total. The summed E-state index contributed by atoms with van der Waals surface area (Å²) in [5.41, 5.74) is 2.53. The van der Waals surface area contributed by atoms with E-state index in [0.29, 0.717) is 6.61 Å². The third-order valence-electron chi connectivity index (χ3n) is 4.44. The van der Waals surface area contributed by atoms with Crippen molar-refractivity contribution < 1.29 is 50.9 Å². The number of alkyl halides is 6. The lowest BCUT2D eigenvalue weighted by molar-refractivity contribution is -0.193. The number of anilines is 1. The number of hydrogen-bond donors (Lipinski definition) is 3. The lowest BCUT2D eigenvalue weighted by atomic mass is 10.1. The van der Waals surface area contributed by atoms with E-state index < -0.39 is 24.3 Å². The third-order valence-corrected chi connectivity index (χ3v) is 4.44. The van der Waals surface area contributed by atoms with Crippen LogP contribution in [0.1, 0.15) is 17.5 Å². The number of carboxylic acid groups (broad SMARTS) is 2. The summed E-state index contributed by atoms with van der Waals surface area (Å²) in [4.78, 5) is 24.7. The summed E-state index contributed by atoms with van der Waals surface area (Å²) in [5.74, 6) is -3.76. The number of rotatable bonds is 5. The van der Waals surface area contributed by atoms with Crippen LogP contribution >= 0.6 is 0 Å². The Labute approximate surface area is 202 Å². The first-order valence-corrected chi connectivity index (χ1v) is 10.4. The predicted octanol–water partition coefficient (Wildman–Crippen LogP) is 3.90. The normalized spacial score (nSPS) is 12.9. The van der Waals surface area contributed by atoms with Crippen LogP contribution in [-0.4, -0.2) is 66.2 Å². The van der Waals surface area contributed by atoms with Crippen LogP contribution in [0.5, 0.6) is 5.88 Å². The van der Waals surface area contributed by atoms with E-state index in [4.69, 9.17) is 24.5 Å². The molecule has 14 heteroatoms. The minimum absolute atomic E-state index is 0.682. The van der Waals surface area contributed by atoms with Gasteiger partial charge in [-0.15, -0.1) is 0 Å². The first-order valence-electron chi connectivity index (χ1n) is 10.4. The highest BCUT2D eigenvalue weighted by atomic mass is 19.4. The molecule has 0 saturated heterocycles. The van der Waals surface area contributed by atoms with Crippen molar-refractivity contribution in [2.45, 2.75) is 31.7 Å². The molecule has 3 rings (SSSR count). The molecule has 0 saturated carbocycles. The van der Waals surface area contributed by atoms with Crippen LogP contribution < -0.4 is 15.0 Å². The quantitative estimate of drug-likeness (QED) is 0.504. The van der Waals surface area contributed by atoms with Crippen molar-refractivity contribution in [3.05, 3.63) is 53.6 Å². The fraction of sp³-hybridized carbons (Fsp3) is 0.409. The molecule has 0 radical (unpaired) electrons. The van der Waals surface area contributed by atoms with Crippen molar-refractivity contribution >= 4 is 17.8 Å². The van der Waals surface area contributed by atoms with E-state index in [1.807, 2.05) is 0 Å². The molecule has 1 aliphatic rings. The van der Waals surface area contributed by atoms with Crippen LogP contribution in [-0.2, 0) is 22.6 Å². The largest absolute Gasteiger partial charge is 0.490 e. The average Bonchev–Trinajstić information content (AvgIpc) is 3.04. The fourth-order valence-corrected chi connectivity index (χ4v) is 2.65. The lowest BCUT2D eigenvalue weighted by Gasteiger charge is -2.19. The zero-order chi connectivity index (χ0) is 27.4. The Morgan fingerprint density at radius 3 is 2.08 bits per heavy atom. The highest BCUT2D eigenvalue weighted by molar-refractivity contribution is 5.73. The van der Waals surface area contributed by atoms with E-state index >= 15 is 0 Å². The van der Waals surface area contributed by atoms with Crippen molar-refractivity contribution in [2.75, 3.05) is 31.6 Å². The SMILES string of the molecule is CN(CCCc1ccccc1)c1ccc2c(n1)OCCNC2.O=C(O)C(F)(F)F.O=C(O)C(F)(F)F. The molecule has 0 unspecified atom stereocenters. The van der Waals surface area contributed by atoms with Crippen molar-refractivity contribution in [3.8, 4) is 5.88 Å². The van der Waals surface area contributed by atoms with E-state index in [2.05, 4.69) is 64.7 Å². The van der Waals surface area contributed by atoms with Gasteiger partial charge in [0.05, 0.1) is 0 Å². The number of aromatic nitrogens is 1. The van der Waals surface area contributed by atoms with E-state index in [9.17, 15) is 26.3 Å². The van der Waals surface area contributed by atoms with Crippen molar-refractivity contribution in [1.29, 1.82) is 0 Å². The Bertz CT molecular complexity index is 947. The maximum atomic E-state index is 10.6. The maximum absolute atomic E-state index is 10.6. The van der Waals surface area contributed by atoms with E-state index in [-0.39, 0.29) is 0 Å². The number of nitrogens with zero attached hydrogens (tertiary/aromatic N) is 2. The Balaban J connectivity index is 0.000000383. The molecule has 200 valence electrons. The van der Waals surface area contributed by atoms with Gasteiger partial charge in [-0.05, 0) is 30.5 Å². The van der Waals surface area contributed by atoms with Gasteiger partial charge in [0.1, 0.15) is 12.4 Å². The second-order valence-electron chi connectivity index (χ2n) is 7.28. The minimum Gasteiger partial charge on any atom is -0.476 e. The second kappa shape index (κ2) is 14.1. The number of hydrogen-bond acceptors (Lipinski definition) is 6. The summed E-state index contributed by atoms with van der Waals surface area (Å²) in [6.07, 6.45) is -7.96. The highest BCUT2D eigenvalue weighted by Gasteiger charge is 2.38. The van der Waals surface area contributed by atoms with E-state index in [1.165, 1.54) is 5.56 Å². The molecule has 0 fully saturated rings. The van der Waals surface area contributed by atoms with Crippen LogP contribution in [0.4, 0.5) is 32.2 Å². The first kappa shape index (κ1) is 30.5. The van der Waals surface area contributed by atoms with E-state index in [0.717, 1.165) is 49.7 Å². The number of carbonyl (C=O) groups is 2. The number of nitrogens with one attached hydrogen (secondary N) is 1. The van der Waals surface area contributed by atoms with Crippen LogP contribution in [0.3, 0.4) is 0 Å². The molecule has 8 nitrogen and oxygen atoms in total. The molecule has 1 aromatic heterocycles. The van der Waals surface area contributed by atoms with Gasteiger partial charge in [0.25, 0.3) is 0 Å². The highest BCUT2D eigenvalue weighted by Crippen LogP contribution is 2.22. The van der Waals surface area contributed by atoms with Crippen LogP contribution in [0.15, 0.2) is 42.5 Å². The zero-order valence-electron chi connectivity index (χ0n) is 19.1. The van der Waals surface area contributed by atoms with Crippen molar-refractivity contribution in [1.82, 2.24) is 10.3 Å². The average molecular weight is 525 g/mol. The number of aliphatic carboxylic acids is 2. The number of halogens is 6. The van der Waals surface area contributed by atoms with Gasteiger partial charge in [-0.2, -0.15) is 31.3 Å². The van der Waals surface area contributed by atoms with E-state index in [1.54, 1.807) is 0 Å². The summed E-state index contributed by atoms with van der Waals surface area (Å²) in [6.45, 7) is 3.37. The number of fused-ring (bicyclic) bond motifs is 1. The smallest absolute Gasteiger partial charge is 0.476 e. The van der Waals surface area contributed by atoms with Gasteiger partial charge in [-0.3, -0.25) is 0 Å². The Morgan fingerprint density at radius 2 is 1.56 bits per heavy atom. The first-order chi connectivity index (χ1) is 16.7. The molecule has 0 amide bonds. The van der Waals surface area contributed by atoms with Gasteiger partial charge in [0.15, 0.2) is 0 Å². The predicted molar refractivity (Wildman–Crippen MR) is 117 cm³/mol. The summed E-state index contributed by atoms with van der Waals surface area (Å²) < 4.78 is 69.2. The molecule has 0 bridgehead atoms. The van der Waals surface area contributed by atoms with Crippen LogP contribution in [0.25, 0.3) is 0 Å². The van der Waals surface area contributed by atoms with Gasteiger partial charge >= 0.3 is 24.3 Å². The Hall–Kier alpha value is -3.55. The van der Waals surface area contributed by atoms with Gasteiger partial charge < -0.3 is 25.2 Å². The summed E-state index contributed by atoms with van der Waals surface area (Å²) in [6, 6.07) is 14.8. The molecular weight excluding hydrogens is 500 g/mol. The van der Waals surface area contributed by atoms with Gasteiger partial charge in [0.2, 0.25) is 5.88 Å². The van der Waals surface area contributed by atoms with Crippen molar-refractivity contribution in [2.24, 2.45) is 0 Å². The van der Waals surface area contributed by atoms with Gasteiger partial charge in [-0.1, -0.05) is 30.3 Å². The molecule has 0 spiro atoms. The van der Waals surface area contributed by atoms with Crippen molar-refractivity contribution in [3.63, 3.8) is 0 Å². The van der Waals surface area contributed by atoms with Crippen LogP contribution in [0.2, 0.25) is 0 Å². The summed E-state index contributed by atoms with van der Waals surface area (Å²) in [7, 11) is 2.09. The molecular formula is C22H25F6N3O5. The van der Waals surface area contributed by atoms with Crippen LogP contribution in [0, 0.1) is 0 Å². The Morgan fingerprint density at radius 1 is 1.00 bits per heavy atom. The summed E-state index contributed by atoms with van der Waals surface area (Å²) >= 11 is 0. The standard InChI is InChI=1S/C18H23N3O.2C2HF3O2/c1-21(12-5-8-15-6-3-2-4-7-15)17-10-9-16-14-19-11-13-22-18(16)20-17;2*3-2(4,5)1(6)7/h2-4,6-7,9-10,19H,5,8,11-14H2,1H3;2*(H,6,7). The zero-order valence-corrected chi connectivity index (χ0v) is 19.1. The van der Waals surface area contributed by atoms with Gasteiger partial charge in [-0.25, -0.2) is 9.59 Å². The molecule has 36 heavy (non-hydrogen) atoms. The minimum atomic E-state index is -5.08. The number of aryl methyl sites for hydroxylation is 1. The summed E-state index contributed by atoms with van der Waals surface area (Å²) in [5, 5.41) is 17.6. The molecule has 1 aliphatic heterocycles. The molecule has 0 atom stereocenters. The lowest BCUT2D eigenvalue weighted by Crippen LogP contribution is -2.21. The second-order valence-corrected chi connectivity index (χ2v) is 7.28. The molecule has 1 aromatic carbocycles. The fourth-order valence-electron chi connectivity index (χ4n) is 2.65. The molecule has 0 aliphatic carbocycles. The molecule has 2 heterocycles. The monoisotopic (exact) mass is 525 g/mol. The maximum Gasteiger partial charge on any atom is 0.490 e. The number of ether oxygens (including phenoxy) is 1. The van der Waals surface area contributed by atoms with Gasteiger partial charge in [0, 0.05) is 32.2 Å². The molecule has 2 aromatic rings.